The average Bonchev–Trinajstić information content (AvgIpc) is 2.38. The summed E-state index contributed by atoms with van der Waals surface area (Å²) in [4.78, 5) is 0. The Morgan fingerprint density at radius 1 is 1.24 bits per heavy atom. The van der Waals surface area contributed by atoms with Crippen molar-refractivity contribution in [3.05, 3.63) is 35.5 Å². The monoisotopic (exact) mass is 245 g/mol. The molecule has 1 heterocycles. The highest BCUT2D eigenvalue weighted by Crippen LogP contribution is 2.26. The minimum absolute atomic E-state index is 0.490. The van der Waals surface area contributed by atoms with Crippen molar-refractivity contribution in [1.29, 1.82) is 5.16 Å². The van der Waals surface area contributed by atoms with E-state index in [0.29, 0.717) is 8.37 Å². The molecule has 0 atom stereocenters. The molecule has 17 heavy (non-hydrogen) atoms. The number of aryl methyl sites for hydroxylation is 2. The van der Waals surface area contributed by atoms with Gasteiger partial charge in [-0.1, -0.05) is 0 Å². The zero-order valence-electron chi connectivity index (χ0n) is 9.48. The molecule has 4 heteroatoms. The van der Waals surface area contributed by atoms with Gasteiger partial charge in [-0.05, 0) is 43.4 Å². The van der Waals surface area contributed by atoms with Crippen LogP contribution in [0.2, 0.25) is 0 Å². The van der Waals surface area contributed by atoms with Gasteiger partial charge in [-0.15, -0.1) is 0 Å². The van der Waals surface area contributed by atoms with Gasteiger partial charge in [0.15, 0.2) is 0 Å². The van der Waals surface area contributed by atoms with Crippen molar-refractivity contribution >= 4 is 24.6 Å². The van der Waals surface area contributed by atoms with E-state index in [-0.39, 0.29) is 0 Å². The third-order valence-corrected chi connectivity index (χ3v) is 4.01. The Labute approximate surface area is 101 Å². The van der Waals surface area contributed by atoms with Crippen LogP contribution in [0.1, 0.15) is 24.0 Å². The van der Waals surface area contributed by atoms with E-state index in [1.165, 1.54) is 28.7 Å². The van der Waals surface area contributed by atoms with Gasteiger partial charge in [-0.3, -0.25) is 10.4 Å². The first kappa shape index (κ1) is 10.7. The van der Waals surface area contributed by atoms with Gasteiger partial charge >= 0.3 is 0 Å². The van der Waals surface area contributed by atoms with E-state index in [1.54, 1.807) is 0 Å². The van der Waals surface area contributed by atoms with Gasteiger partial charge in [0, 0.05) is 30.0 Å². The fourth-order valence-corrected chi connectivity index (χ4v) is 2.97. The molecule has 86 valence electrons. The Morgan fingerprint density at radius 2 is 2.06 bits per heavy atom. The van der Waals surface area contributed by atoms with Crippen molar-refractivity contribution in [2.75, 3.05) is 0 Å². The summed E-state index contributed by atoms with van der Waals surface area (Å²) in [6.07, 6.45) is 6.44. The Morgan fingerprint density at radius 3 is 2.88 bits per heavy atom. The number of nitrogens with one attached hydrogen (secondary N) is 1. The van der Waals surface area contributed by atoms with Gasteiger partial charge in [0.05, 0.1) is 5.39 Å². The number of fused-ring (bicyclic) bond motifs is 3. The van der Waals surface area contributed by atoms with Crippen LogP contribution >= 0.6 is 8.37 Å². The lowest BCUT2D eigenvalue weighted by Gasteiger charge is -2.14. The molecule has 0 amide bonds. The maximum atomic E-state index is 10.00. The second kappa shape index (κ2) is 4.08. The Bertz CT molecular complexity index is 610. The fraction of sp³-hybridized carbons (Fsp3) is 0.308. The number of hydrogen-bond donors (Lipinski definition) is 2. The number of hydrogen-bond acceptors (Lipinski definition) is 2. The van der Waals surface area contributed by atoms with Gasteiger partial charge < -0.3 is 0 Å². The largest absolute Gasteiger partial charge is 0.285 e. The number of pyridine rings is 1. The molecular formula is C13H14N2OP+. The molecule has 0 spiro atoms. The lowest BCUT2D eigenvalue weighted by atomic mass is 9.90. The van der Waals surface area contributed by atoms with Crippen LogP contribution in [-0.4, -0.2) is 5.21 Å². The van der Waals surface area contributed by atoms with Gasteiger partial charge in [-0.25, -0.2) is 0 Å². The maximum absolute atomic E-state index is 10.00. The van der Waals surface area contributed by atoms with E-state index in [0.717, 1.165) is 29.0 Å². The highest BCUT2D eigenvalue weighted by molar-refractivity contribution is 7.35. The van der Waals surface area contributed by atoms with Crippen LogP contribution in [0.15, 0.2) is 24.4 Å². The first-order valence-corrected chi connectivity index (χ1v) is 6.76. The first-order chi connectivity index (χ1) is 8.29. The van der Waals surface area contributed by atoms with E-state index in [2.05, 4.69) is 0 Å². The first-order valence-electron chi connectivity index (χ1n) is 5.86. The zero-order chi connectivity index (χ0) is 11.8. The molecule has 1 aromatic heterocycles. The molecule has 0 saturated carbocycles. The highest BCUT2D eigenvalue weighted by atomic mass is 31.1. The Hall–Kier alpha value is -1.47. The molecule has 1 aliphatic carbocycles. The molecule has 3 rings (SSSR count). The summed E-state index contributed by atoms with van der Waals surface area (Å²) in [6, 6.07) is 5.92. The van der Waals surface area contributed by atoms with Crippen molar-refractivity contribution in [3.8, 4) is 0 Å². The van der Waals surface area contributed by atoms with Crippen LogP contribution in [0.4, 0.5) is 0 Å². The predicted octanol–water partition coefficient (Wildman–Crippen LogP) is 2.58. The average molecular weight is 245 g/mol. The number of nitrogens with zero attached hydrogens (tertiary/aromatic N) is 1. The van der Waals surface area contributed by atoms with Crippen LogP contribution in [-0.2, 0) is 12.8 Å². The molecular weight excluding hydrogens is 231 g/mol. The second-order valence-electron chi connectivity index (χ2n) is 4.50. The lowest BCUT2D eigenvalue weighted by Crippen LogP contribution is -2.33. The molecule has 0 fully saturated rings. The van der Waals surface area contributed by atoms with Crippen molar-refractivity contribution < 1.29 is 9.94 Å². The molecule has 0 bridgehead atoms. The van der Waals surface area contributed by atoms with E-state index in [9.17, 15) is 5.21 Å². The SMILES string of the molecule is N=Pc1ccc2c3c(c[n+](O)c2c1)CCCC3. The normalized spacial score (nSPS) is 15.1. The molecule has 0 unspecified atom stereocenters. The zero-order valence-corrected chi connectivity index (χ0v) is 10.4. The Kier molecular flexibility index (Phi) is 2.56. The summed E-state index contributed by atoms with van der Waals surface area (Å²) in [6.45, 7) is 0. The molecule has 3 nitrogen and oxygen atoms in total. The predicted molar refractivity (Wildman–Crippen MR) is 67.2 cm³/mol. The summed E-state index contributed by atoms with van der Waals surface area (Å²) in [7, 11) is 0.490. The quantitative estimate of drug-likeness (QED) is 0.453. The van der Waals surface area contributed by atoms with Crippen molar-refractivity contribution in [2.24, 2.45) is 0 Å². The molecule has 2 aromatic rings. The molecule has 1 aromatic carbocycles. The van der Waals surface area contributed by atoms with Gasteiger partial charge in [0.25, 0.3) is 5.52 Å². The van der Waals surface area contributed by atoms with Gasteiger partial charge in [0.2, 0.25) is 6.20 Å². The summed E-state index contributed by atoms with van der Waals surface area (Å²) in [5.41, 5.74) is 3.47. The number of aromatic nitrogens is 1. The fourth-order valence-electron chi connectivity index (χ4n) is 2.63. The summed E-state index contributed by atoms with van der Waals surface area (Å²) in [5, 5.41) is 19.4. The maximum Gasteiger partial charge on any atom is 0.265 e. The number of rotatable bonds is 1. The van der Waals surface area contributed by atoms with Crippen LogP contribution in [0.25, 0.3) is 10.9 Å². The van der Waals surface area contributed by atoms with E-state index >= 15 is 0 Å². The third-order valence-electron chi connectivity index (χ3n) is 3.47. The van der Waals surface area contributed by atoms with E-state index in [1.807, 2.05) is 24.4 Å². The second-order valence-corrected chi connectivity index (χ2v) is 5.24. The van der Waals surface area contributed by atoms with Crippen LogP contribution in [0, 0.1) is 5.16 Å². The minimum Gasteiger partial charge on any atom is -0.285 e. The summed E-state index contributed by atoms with van der Waals surface area (Å²) in [5.74, 6) is 0. The summed E-state index contributed by atoms with van der Waals surface area (Å²) < 4.78 is 1.22. The topological polar surface area (TPSA) is 48.0 Å². The van der Waals surface area contributed by atoms with Crippen molar-refractivity contribution in [3.63, 3.8) is 0 Å². The van der Waals surface area contributed by atoms with E-state index < -0.39 is 0 Å². The smallest absolute Gasteiger partial charge is 0.265 e. The van der Waals surface area contributed by atoms with Crippen molar-refractivity contribution in [1.82, 2.24) is 0 Å². The van der Waals surface area contributed by atoms with Crippen LogP contribution in [0.5, 0.6) is 0 Å². The standard InChI is InChI=1S/C13H14N2OP/c14-17-10-5-6-12-11-4-2-1-3-9(11)8-15(16)13(12)7-10/h5-8,14,16H,1-4H2/q+1. The third kappa shape index (κ3) is 1.71. The number of benzene rings is 1. The molecule has 1 aliphatic rings. The minimum atomic E-state index is 0.490. The Balaban J connectivity index is 2.34. The van der Waals surface area contributed by atoms with Gasteiger partial charge in [0.1, 0.15) is 0 Å². The van der Waals surface area contributed by atoms with Gasteiger partial charge in [-0.2, -0.15) is 0 Å². The van der Waals surface area contributed by atoms with Crippen LogP contribution < -0.4 is 10.0 Å². The molecule has 0 radical (unpaired) electrons. The molecule has 2 N–H and O–H groups in total. The van der Waals surface area contributed by atoms with Crippen molar-refractivity contribution in [2.45, 2.75) is 25.7 Å². The molecule has 0 saturated heterocycles. The lowest BCUT2D eigenvalue weighted by molar-refractivity contribution is -0.884. The highest BCUT2D eigenvalue weighted by Gasteiger charge is 2.20. The molecule has 0 aliphatic heterocycles. The van der Waals surface area contributed by atoms with E-state index in [4.69, 9.17) is 5.16 Å². The van der Waals surface area contributed by atoms with Crippen LogP contribution in [0.3, 0.4) is 0 Å². The summed E-state index contributed by atoms with van der Waals surface area (Å²) >= 11 is 0.